The van der Waals surface area contributed by atoms with Gasteiger partial charge in [0.25, 0.3) is 17.4 Å². The lowest BCUT2D eigenvalue weighted by molar-refractivity contribution is -0.124. The third-order valence-corrected chi connectivity index (χ3v) is 9.16. The highest BCUT2D eigenvalue weighted by Crippen LogP contribution is 2.32. The molecule has 298 valence electrons. The van der Waals surface area contributed by atoms with Crippen molar-refractivity contribution < 1.29 is 23.5 Å². The summed E-state index contributed by atoms with van der Waals surface area (Å²) >= 11 is 6.17. The van der Waals surface area contributed by atoms with Gasteiger partial charge in [0.1, 0.15) is 18.0 Å². The molecule has 2 N–H and O–H groups in total. The van der Waals surface area contributed by atoms with Crippen LogP contribution >= 0.6 is 11.6 Å². The summed E-state index contributed by atoms with van der Waals surface area (Å²) in [6, 6.07) is 7.48. The molecule has 0 unspecified atom stereocenters. The molecule has 0 aliphatic heterocycles. The minimum Gasteiger partial charge on any atom is -0.506 e. The molecule has 0 saturated carbocycles. The zero-order valence-corrected chi connectivity index (χ0v) is 33.7. The number of halogens is 3. The summed E-state index contributed by atoms with van der Waals surface area (Å²) in [7, 11) is 1.89. The summed E-state index contributed by atoms with van der Waals surface area (Å²) in [5.74, 6) is -3.34. The first kappa shape index (κ1) is 43.0. The van der Waals surface area contributed by atoms with Crippen LogP contribution in [0.25, 0.3) is 28.2 Å². The molecule has 2 amide bonds. The van der Waals surface area contributed by atoms with Crippen LogP contribution in [-0.2, 0) is 35.5 Å². The van der Waals surface area contributed by atoms with Crippen LogP contribution in [0, 0.1) is 6.92 Å². The standard InChI is InChI=1S/C26H24ClF2N7O2.C14H24N2O2/c1-5-20-14(2)24(38)36-25(32-22(33-36)16-10-15-8-9-34(4)23(15)30-12-16)35(20)13-21(37)31-19-7-6-17(11-18(19)27)26(3,28)29;1-6-9-16(10-7-2)14(18)12(15-8-3)13(17)11(4)5/h6-12H,5,13H2,1-4H3,(H,31,37);8,17H,3,6-7,9-10H2,1-2,4-5H3. The Morgan fingerprint density at radius 1 is 1.12 bits per heavy atom. The Balaban J connectivity index is 0.000000328. The van der Waals surface area contributed by atoms with Crippen molar-refractivity contribution >= 4 is 51.6 Å². The Kier molecular flexibility index (Phi) is 14.1. The van der Waals surface area contributed by atoms with Crippen molar-refractivity contribution in [3.05, 3.63) is 99.0 Å². The summed E-state index contributed by atoms with van der Waals surface area (Å²) in [5.41, 5.74) is 2.83. The Hall–Kier alpha value is -5.70. The second kappa shape index (κ2) is 18.3. The van der Waals surface area contributed by atoms with E-state index in [1.54, 1.807) is 36.4 Å². The van der Waals surface area contributed by atoms with Gasteiger partial charge in [0, 0.05) is 73.4 Å². The van der Waals surface area contributed by atoms with E-state index in [4.69, 9.17) is 11.6 Å². The second-order valence-corrected chi connectivity index (χ2v) is 13.9. The lowest BCUT2D eigenvalue weighted by Crippen LogP contribution is -2.38. The molecule has 4 heterocycles. The third kappa shape index (κ3) is 9.56. The lowest BCUT2D eigenvalue weighted by atomic mass is 10.1. The maximum atomic E-state index is 13.6. The number of rotatable bonds is 13. The number of alkyl halides is 2. The number of aliphatic hydroxyl groups is 1. The number of benzene rings is 1. The summed E-state index contributed by atoms with van der Waals surface area (Å²) in [6.45, 7) is 16.4. The van der Waals surface area contributed by atoms with Gasteiger partial charge < -0.3 is 24.5 Å². The summed E-state index contributed by atoms with van der Waals surface area (Å²) in [4.78, 5) is 53.2. The van der Waals surface area contributed by atoms with Crippen molar-refractivity contribution in [2.24, 2.45) is 12.0 Å². The molecule has 5 aromatic rings. The van der Waals surface area contributed by atoms with E-state index in [1.807, 2.05) is 50.7 Å². The molecule has 13 nitrogen and oxygen atoms in total. The molecule has 1 aromatic carbocycles. The van der Waals surface area contributed by atoms with Gasteiger partial charge in [-0.3, -0.25) is 14.4 Å². The fourth-order valence-corrected chi connectivity index (χ4v) is 6.24. The van der Waals surface area contributed by atoms with Crippen molar-refractivity contribution in [2.45, 2.75) is 80.2 Å². The topological polar surface area (TPSA) is 152 Å². The first-order valence-electron chi connectivity index (χ1n) is 18.2. The van der Waals surface area contributed by atoms with E-state index < -0.39 is 11.8 Å². The highest BCUT2D eigenvalue weighted by molar-refractivity contribution is 6.44. The molecule has 0 saturated heterocycles. The summed E-state index contributed by atoms with van der Waals surface area (Å²) in [6.07, 6.45) is 7.03. The van der Waals surface area contributed by atoms with Crippen LogP contribution in [-0.4, -0.2) is 69.3 Å². The Labute approximate surface area is 329 Å². The summed E-state index contributed by atoms with van der Waals surface area (Å²) in [5, 5.41) is 17.9. The molecule has 0 radical (unpaired) electrons. The number of nitrogens with zero attached hydrogens (tertiary/aromatic N) is 8. The quantitative estimate of drug-likeness (QED) is 0.0913. The number of pyridine rings is 1. The van der Waals surface area contributed by atoms with E-state index in [2.05, 4.69) is 32.0 Å². The SMILES string of the molecule is C=CN=C(C(=O)N(CCC)CCC)C(O)=C(C)C.CCc1c(C)c(=O)n2nc(-c3cnc4c(ccn4C)c3)nc2n1CC(=O)Nc1ccc(C(C)(F)F)cc1Cl. The zero-order valence-electron chi connectivity index (χ0n) is 33.0. The largest absolute Gasteiger partial charge is 0.506 e. The van der Waals surface area contributed by atoms with Crippen LogP contribution in [0.1, 0.15) is 71.2 Å². The van der Waals surface area contributed by atoms with Crippen LogP contribution in [0.3, 0.4) is 0 Å². The second-order valence-electron chi connectivity index (χ2n) is 13.5. The van der Waals surface area contributed by atoms with E-state index in [-0.39, 0.29) is 51.5 Å². The minimum absolute atomic E-state index is 0.0112. The van der Waals surface area contributed by atoms with Crippen LogP contribution in [0.4, 0.5) is 14.5 Å². The van der Waals surface area contributed by atoms with Gasteiger partial charge in [0.2, 0.25) is 11.7 Å². The number of aliphatic hydroxyl groups excluding tert-OH is 1. The molecule has 5 rings (SSSR count). The molecule has 16 heteroatoms. The molecule has 0 aliphatic carbocycles. The maximum Gasteiger partial charge on any atom is 0.278 e. The number of carbonyl (C=O) groups is 2. The van der Waals surface area contributed by atoms with E-state index in [0.29, 0.717) is 47.7 Å². The molecule has 0 spiro atoms. The molecule has 0 fully saturated rings. The maximum absolute atomic E-state index is 13.6. The number of aryl methyl sites for hydroxylation is 1. The average Bonchev–Trinajstić information content (AvgIpc) is 3.77. The van der Waals surface area contributed by atoms with Gasteiger partial charge in [-0.05, 0) is 69.9 Å². The van der Waals surface area contributed by atoms with Gasteiger partial charge in [-0.1, -0.05) is 45.0 Å². The van der Waals surface area contributed by atoms with Crippen LogP contribution in [0.2, 0.25) is 5.02 Å². The first-order chi connectivity index (χ1) is 26.5. The smallest absolute Gasteiger partial charge is 0.278 e. The number of aliphatic imine (C=N–C) groups is 1. The van der Waals surface area contributed by atoms with Crippen molar-refractivity contribution in [1.82, 2.24) is 33.6 Å². The number of hydrogen-bond donors (Lipinski definition) is 2. The number of carbonyl (C=O) groups excluding carboxylic acids is 2. The van der Waals surface area contributed by atoms with E-state index >= 15 is 0 Å². The van der Waals surface area contributed by atoms with Gasteiger partial charge in [-0.25, -0.2) is 18.8 Å². The number of anilines is 1. The highest BCUT2D eigenvalue weighted by atomic mass is 35.5. The Bertz CT molecular complexity index is 2380. The van der Waals surface area contributed by atoms with Gasteiger partial charge in [0.05, 0.1) is 10.7 Å². The molecule has 0 bridgehead atoms. The van der Waals surface area contributed by atoms with Gasteiger partial charge >= 0.3 is 0 Å². The monoisotopic (exact) mass is 791 g/mol. The fourth-order valence-electron chi connectivity index (χ4n) is 6.01. The molecule has 0 aliphatic rings. The van der Waals surface area contributed by atoms with Crippen molar-refractivity contribution in [3.8, 4) is 11.4 Å². The molecule has 0 atom stereocenters. The fraction of sp³-hybridized carbons (Fsp3) is 0.375. The van der Waals surface area contributed by atoms with E-state index in [1.165, 1.54) is 22.8 Å². The molecule has 4 aromatic heterocycles. The molecule has 56 heavy (non-hydrogen) atoms. The van der Waals surface area contributed by atoms with Gasteiger partial charge in [-0.15, -0.1) is 5.10 Å². The van der Waals surface area contributed by atoms with E-state index in [0.717, 1.165) is 36.9 Å². The highest BCUT2D eigenvalue weighted by Gasteiger charge is 2.26. The van der Waals surface area contributed by atoms with Crippen LogP contribution < -0.4 is 10.9 Å². The van der Waals surface area contributed by atoms with Crippen molar-refractivity contribution in [1.29, 1.82) is 0 Å². The Morgan fingerprint density at radius 2 is 1.80 bits per heavy atom. The Morgan fingerprint density at radius 3 is 2.38 bits per heavy atom. The number of fused-ring (bicyclic) bond motifs is 2. The molecular weight excluding hydrogens is 744 g/mol. The van der Waals surface area contributed by atoms with E-state index in [9.17, 15) is 28.3 Å². The van der Waals surface area contributed by atoms with Gasteiger partial charge in [-0.2, -0.15) is 9.50 Å². The zero-order chi connectivity index (χ0) is 41.5. The number of hydrogen-bond acceptors (Lipinski definition) is 8. The van der Waals surface area contributed by atoms with Crippen molar-refractivity contribution in [3.63, 3.8) is 0 Å². The number of nitrogens with one attached hydrogen (secondary N) is 1. The van der Waals surface area contributed by atoms with Crippen LogP contribution in [0.15, 0.2) is 76.6 Å². The third-order valence-electron chi connectivity index (χ3n) is 8.85. The summed E-state index contributed by atoms with van der Waals surface area (Å²) < 4.78 is 31.9. The minimum atomic E-state index is -3.06. The average molecular weight is 792 g/mol. The number of aromatic nitrogens is 6. The lowest BCUT2D eigenvalue weighted by Gasteiger charge is -2.22. The predicted molar refractivity (Wildman–Crippen MR) is 217 cm³/mol. The predicted octanol–water partition coefficient (Wildman–Crippen LogP) is 7.79. The number of amides is 2. The van der Waals surface area contributed by atoms with Crippen LogP contribution in [0.5, 0.6) is 0 Å². The number of allylic oxidation sites excluding steroid dienone is 1. The molecular formula is C40H48ClF2N9O4. The van der Waals surface area contributed by atoms with Gasteiger partial charge in [0.15, 0.2) is 11.5 Å². The van der Waals surface area contributed by atoms with Crippen molar-refractivity contribution in [2.75, 3.05) is 18.4 Å². The first-order valence-corrected chi connectivity index (χ1v) is 18.6. The normalized spacial score (nSPS) is 11.7.